The lowest BCUT2D eigenvalue weighted by Crippen LogP contribution is -2.35. The number of piperidine rings is 1. The van der Waals surface area contributed by atoms with Crippen LogP contribution in [0.3, 0.4) is 0 Å². The van der Waals surface area contributed by atoms with Gasteiger partial charge in [0.25, 0.3) is 0 Å². The molecule has 3 heterocycles. The van der Waals surface area contributed by atoms with E-state index in [0.717, 1.165) is 61.2 Å². The molecule has 3 aromatic rings. The minimum atomic E-state index is -0.139. The maximum Gasteiger partial charge on any atom is 0.231 e. The van der Waals surface area contributed by atoms with Crippen molar-refractivity contribution in [3.8, 4) is 17.0 Å². The smallest absolute Gasteiger partial charge is 0.231 e. The molecule has 2 aromatic heterocycles. The van der Waals surface area contributed by atoms with Crippen LogP contribution in [-0.2, 0) is 11.2 Å². The molecule has 1 atom stereocenters. The van der Waals surface area contributed by atoms with E-state index < -0.39 is 0 Å². The van der Waals surface area contributed by atoms with Crippen molar-refractivity contribution in [1.82, 2.24) is 14.9 Å². The molecule has 5 rings (SSSR count). The van der Waals surface area contributed by atoms with E-state index in [9.17, 15) is 4.79 Å². The standard InChI is InChI=1S/C26H28N4O2/c1-30-13-9-22(10-14-30)32-25-16-21(8-12-28-25)29-26(31)24-7-5-19-15-18(4-6-23(19)24)20-3-2-11-27-17-20/h2-4,6,8,11-12,15-17,22,24H,5,7,9-10,13-14H2,1H3,(H,28,29,31). The lowest BCUT2D eigenvalue weighted by Gasteiger charge is -2.29. The first-order chi connectivity index (χ1) is 15.7. The molecule has 32 heavy (non-hydrogen) atoms. The van der Waals surface area contributed by atoms with Crippen LogP contribution in [0.4, 0.5) is 5.69 Å². The molecule has 0 spiro atoms. The maximum absolute atomic E-state index is 13.1. The second kappa shape index (κ2) is 9.09. The second-order valence-electron chi connectivity index (χ2n) is 8.74. The normalized spacial score (nSPS) is 18.8. The highest BCUT2D eigenvalue weighted by Gasteiger charge is 2.29. The van der Waals surface area contributed by atoms with Gasteiger partial charge < -0.3 is 15.0 Å². The number of nitrogens with one attached hydrogen (secondary N) is 1. The zero-order chi connectivity index (χ0) is 21.9. The van der Waals surface area contributed by atoms with Crippen molar-refractivity contribution in [3.63, 3.8) is 0 Å². The van der Waals surface area contributed by atoms with Crippen molar-refractivity contribution in [2.45, 2.75) is 37.7 Å². The quantitative estimate of drug-likeness (QED) is 0.657. The third-order valence-electron chi connectivity index (χ3n) is 6.49. The van der Waals surface area contributed by atoms with Gasteiger partial charge in [-0.05, 0) is 67.1 Å². The minimum absolute atomic E-state index is 0.0225. The SMILES string of the molecule is CN1CCC(Oc2cc(NC(=O)C3CCc4cc(-c5cccnc5)ccc43)ccn2)CC1. The molecule has 164 valence electrons. The second-order valence-corrected chi connectivity index (χ2v) is 8.74. The number of carbonyl (C=O) groups is 1. The number of likely N-dealkylation sites (tertiary alicyclic amines) is 1. The Labute approximate surface area is 188 Å². The van der Waals surface area contributed by atoms with Crippen molar-refractivity contribution in [2.75, 3.05) is 25.5 Å². The Balaban J connectivity index is 1.25. The summed E-state index contributed by atoms with van der Waals surface area (Å²) in [6, 6.07) is 14.0. The third-order valence-corrected chi connectivity index (χ3v) is 6.49. The van der Waals surface area contributed by atoms with Gasteiger partial charge in [-0.2, -0.15) is 0 Å². The molecule has 1 fully saturated rings. The van der Waals surface area contributed by atoms with Crippen LogP contribution in [-0.4, -0.2) is 47.0 Å². The van der Waals surface area contributed by atoms with Gasteiger partial charge in [0.15, 0.2) is 0 Å². The van der Waals surface area contributed by atoms with Crippen LogP contribution in [0, 0.1) is 0 Å². The fourth-order valence-corrected chi connectivity index (χ4v) is 4.66. The first kappa shape index (κ1) is 20.6. The number of carbonyl (C=O) groups excluding carboxylic acids is 1. The third kappa shape index (κ3) is 4.50. The molecule has 1 unspecified atom stereocenters. The number of anilines is 1. The summed E-state index contributed by atoms with van der Waals surface area (Å²) in [5.41, 5.74) is 5.33. The number of rotatable bonds is 5. The van der Waals surface area contributed by atoms with E-state index in [4.69, 9.17) is 4.74 Å². The molecule has 0 radical (unpaired) electrons. The molecule has 2 aliphatic rings. The number of hydrogen-bond donors (Lipinski definition) is 1. The number of benzene rings is 1. The number of aromatic nitrogens is 2. The summed E-state index contributed by atoms with van der Waals surface area (Å²) in [5, 5.41) is 3.08. The zero-order valence-electron chi connectivity index (χ0n) is 18.3. The Morgan fingerprint density at radius 1 is 1.06 bits per heavy atom. The van der Waals surface area contributed by atoms with Crippen LogP contribution in [0.25, 0.3) is 11.1 Å². The fourth-order valence-electron chi connectivity index (χ4n) is 4.66. The van der Waals surface area contributed by atoms with E-state index in [1.54, 1.807) is 12.4 Å². The summed E-state index contributed by atoms with van der Waals surface area (Å²) in [7, 11) is 2.13. The van der Waals surface area contributed by atoms with Crippen LogP contribution < -0.4 is 10.1 Å². The van der Waals surface area contributed by atoms with E-state index in [-0.39, 0.29) is 17.9 Å². The molecule has 6 nitrogen and oxygen atoms in total. The Bertz CT molecular complexity index is 1090. The van der Waals surface area contributed by atoms with E-state index in [1.807, 2.05) is 24.4 Å². The number of hydrogen-bond acceptors (Lipinski definition) is 5. The molecular weight excluding hydrogens is 400 g/mol. The first-order valence-electron chi connectivity index (χ1n) is 11.3. The molecule has 1 aromatic carbocycles. The average Bonchev–Trinajstić information content (AvgIpc) is 3.25. The predicted octanol–water partition coefficient (Wildman–Crippen LogP) is 4.29. The van der Waals surface area contributed by atoms with Gasteiger partial charge >= 0.3 is 0 Å². The molecule has 1 saturated heterocycles. The minimum Gasteiger partial charge on any atom is -0.474 e. The van der Waals surface area contributed by atoms with Gasteiger partial charge in [0.1, 0.15) is 6.10 Å². The van der Waals surface area contributed by atoms with E-state index in [0.29, 0.717) is 5.88 Å². The van der Waals surface area contributed by atoms with Crippen molar-refractivity contribution in [2.24, 2.45) is 0 Å². The Kier molecular flexibility index (Phi) is 5.86. The Morgan fingerprint density at radius 3 is 2.75 bits per heavy atom. The van der Waals surface area contributed by atoms with E-state index >= 15 is 0 Å². The lowest BCUT2D eigenvalue weighted by molar-refractivity contribution is -0.117. The highest BCUT2D eigenvalue weighted by molar-refractivity contribution is 5.96. The largest absolute Gasteiger partial charge is 0.474 e. The monoisotopic (exact) mass is 428 g/mol. The van der Waals surface area contributed by atoms with Gasteiger partial charge in [0.05, 0.1) is 5.92 Å². The van der Waals surface area contributed by atoms with Crippen LogP contribution in [0.2, 0.25) is 0 Å². The van der Waals surface area contributed by atoms with Crippen molar-refractivity contribution >= 4 is 11.6 Å². The van der Waals surface area contributed by atoms with E-state index in [1.165, 1.54) is 5.56 Å². The molecule has 1 amide bonds. The summed E-state index contributed by atoms with van der Waals surface area (Å²) in [6.45, 7) is 2.06. The van der Waals surface area contributed by atoms with Gasteiger partial charge in [-0.3, -0.25) is 9.78 Å². The maximum atomic E-state index is 13.1. The number of nitrogens with zero attached hydrogens (tertiary/aromatic N) is 3. The first-order valence-corrected chi connectivity index (χ1v) is 11.3. The fraction of sp³-hybridized carbons (Fsp3) is 0.346. The van der Waals surface area contributed by atoms with Gasteiger partial charge in [-0.1, -0.05) is 24.3 Å². The highest BCUT2D eigenvalue weighted by atomic mass is 16.5. The molecular formula is C26H28N4O2. The van der Waals surface area contributed by atoms with Crippen molar-refractivity contribution in [3.05, 3.63) is 72.2 Å². The number of pyridine rings is 2. The van der Waals surface area contributed by atoms with Gasteiger partial charge in [-0.25, -0.2) is 4.98 Å². The number of fused-ring (bicyclic) bond motifs is 1. The molecule has 6 heteroatoms. The van der Waals surface area contributed by atoms with Crippen LogP contribution in [0.1, 0.15) is 36.3 Å². The Hall–Kier alpha value is -3.25. The van der Waals surface area contributed by atoms with E-state index in [2.05, 4.69) is 51.5 Å². The average molecular weight is 429 g/mol. The molecule has 0 saturated carbocycles. The van der Waals surface area contributed by atoms with Crippen LogP contribution in [0.5, 0.6) is 5.88 Å². The molecule has 1 aliphatic carbocycles. The lowest BCUT2D eigenvalue weighted by atomic mass is 9.97. The summed E-state index contributed by atoms with van der Waals surface area (Å²) in [4.78, 5) is 23.9. The molecule has 1 aliphatic heterocycles. The van der Waals surface area contributed by atoms with Crippen LogP contribution >= 0.6 is 0 Å². The van der Waals surface area contributed by atoms with Crippen molar-refractivity contribution in [1.29, 1.82) is 0 Å². The van der Waals surface area contributed by atoms with Gasteiger partial charge in [0, 0.05) is 43.4 Å². The summed E-state index contributed by atoms with van der Waals surface area (Å²) in [6.07, 6.45) is 9.24. The molecule has 0 bridgehead atoms. The highest BCUT2D eigenvalue weighted by Crippen LogP contribution is 2.36. The number of aryl methyl sites for hydroxylation is 1. The summed E-state index contributed by atoms with van der Waals surface area (Å²) >= 11 is 0. The topological polar surface area (TPSA) is 67.3 Å². The number of amides is 1. The number of ether oxygens (including phenoxy) is 1. The van der Waals surface area contributed by atoms with Crippen molar-refractivity contribution < 1.29 is 9.53 Å². The Morgan fingerprint density at radius 2 is 1.94 bits per heavy atom. The van der Waals surface area contributed by atoms with Gasteiger partial charge in [0.2, 0.25) is 11.8 Å². The predicted molar refractivity (Wildman–Crippen MR) is 125 cm³/mol. The van der Waals surface area contributed by atoms with Gasteiger partial charge in [-0.15, -0.1) is 0 Å². The molecule has 1 N–H and O–H groups in total. The summed E-state index contributed by atoms with van der Waals surface area (Å²) in [5.74, 6) is 0.457. The zero-order valence-corrected chi connectivity index (χ0v) is 18.3. The van der Waals surface area contributed by atoms with Crippen LogP contribution in [0.15, 0.2) is 61.1 Å². The summed E-state index contributed by atoms with van der Waals surface area (Å²) < 4.78 is 6.07.